The van der Waals surface area contributed by atoms with Crippen LogP contribution in [0.15, 0.2) is 29.6 Å². The van der Waals surface area contributed by atoms with Crippen molar-refractivity contribution in [2.75, 3.05) is 19.7 Å². The van der Waals surface area contributed by atoms with Gasteiger partial charge in [-0.25, -0.2) is 4.79 Å². The number of urea groups is 1. The number of carbonyl (C=O) groups is 1. The Morgan fingerprint density at radius 1 is 1.43 bits per heavy atom. The Labute approximate surface area is 128 Å². The fourth-order valence-electron chi connectivity index (χ4n) is 2.92. The summed E-state index contributed by atoms with van der Waals surface area (Å²) in [5.74, 6) is 0. The van der Waals surface area contributed by atoms with Crippen LogP contribution in [-0.4, -0.2) is 41.8 Å². The zero-order valence-electron chi connectivity index (χ0n) is 11.9. The van der Waals surface area contributed by atoms with Crippen molar-refractivity contribution in [3.63, 3.8) is 0 Å². The first kappa shape index (κ1) is 14.4. The van der Waals surface area contributed by atoms with Crippen molar-refractivity contribution in [1.29, 1.82) is 0 Å². The van der Waals surface area contributed by atoms with Gasteiger partial charge in [-0.3, -0.25) is 0 Å². The molecular formula is C16H20N2O2S. The highest BCUT2D eigenvalue weighted by Crippen LogP contribution is 2.25. The number of aliphatic hydroxyl groups is 1. The molecule has 0 saturated carbocycles. The van der Waals surface area contributed by atoms with E-state index in [0.29, 0.717) is 6.54 Å². The molecule has 0 spiro atoms. The highest BCUT2D eigenvalue weighted by Gasteiger charge is 2.27. The van der Waals surface area contributed by atoms with E-state index in [1.807, 2.05) is 12.1 Å². The monoisotopic (exact) mass is 304 g/mol. The summed E-state index contributed by atoms with van der Waals surface area (Å²) in [6, 6.07) is 8.29. The van der Waals surface area contributed by atoms with Gasteiger partial charge >= 0.3 is 6.03 Å². The standard InChI is InChI=1S/C16H20N2O2S/c19-10-13-4-3-9-18(13)16(20)17-8-7-12-11-21-15-6-2-1-5-14(12)15/h1-2,5-6,11,13,19H,3-4,7-10H2,(H,17,20). The maximum Gasteiger partial charge on any atom is 0.317 e. The number of fused-ring (bicyclic) bond motifs is 1. The molecule has 0 aliphatic carbocycles. The lowest BCUT2D eigenvalue weighted by Crippen LogP contribution is -2.44. The van der Waals surface area contributed by atoms with E-state index in [0.717, 1.165) is 25.8 Å². The van der Waals surface area contributed by atoms with E-state index in [1.54, 1.807) is 16.2 Å². The zero-order valence-corrected chi connectivity index (χ0v) is 12.7. The molecule has 21 heavy (non-hydrogen) atoms. The quantitative estimate of drug-likeness (QED) is 0.912. The molecular weight excluding hydrogens is 284 g/mol. The van der Waals surface area contributed by atoms with Gasteiger partial charge in [-0.2, -0.15) is 0 Å². The number of rotatable bonds is 4. The molecule has 3 rings (SSSR count). The minimum atomic E-state index is -0.0499. The zero-order chi connectivity index (χ0) is 14.7. The van der Waals surface area contributed by atoms with Crippen molar-refractivity contribution >= 4 is 27.5 Å². The van der Waals surface area contributed by atoms with E-state index < -0.39 is 0 Å². The number of hydrogen-bond donors (Lipinski definition) is 2. The van der Waals surface area contributed by atoms with Gasteiger partial charge in [0.05, 0.1) is 12.6 Å². The number of nitrogens with zero attached hydrogens (tertiary/aromatic N) is 1. The number of thiophene rings is 1. The highest BCUT2D eigenvalue weighted by atomic mass is 32.1. The third-order valence-corrected chi connectivity index (χ3v) is 5.09. The van der Waals surface area contributed by atoms with Crippen LogP contribution >= 0.6 is 11.3 Å². The van der Waals surface area contributed by atoms with Crippen molar-refractivity contribution < 1.29 is 9.90 Å². The summed E-state index contributed by atoms with van der Waals surface area (Å²) < 4.78 is 1.29. The van der Waals surface area contributed by atoms with Crippen LogP contribution in [0.4, 0.5) is 4.79 Å². The predicted molar refractivity (Wildman–Crippen MR) is 85.7 cm³/mol. The van der Waals surface area contributed by atoms with E-state index in [9.17, 15) is 9.90 Å². The molecule has 2 N–H and O–H groups in total. The number of carbonyl (C=O) groups excluding carboxylic acids is 1. The van der Waals surface area contributed by atoms with Crippen LogP contribution in [0.5, 0.6) is 0 Å². The van der Waals surface area contributed by atoms with Gasteiger partial charge in [0.2, 0.25) is 0 Å². The number of amides is 2. The molecule has 1 unspecified atom stereocenters. The summed E-state index contributed by atoms with van der Waals surface area (Å²) in [4.78, 5) is 13.9. The van der Waals surface area contributed by atoms with Crippen LogP contribution in [0.3, 0.4) is 0 Å². The lowest BCUT2D eigenvalue weighted by molar-refractivity contribution is 0.157. The van der Waals surface area contributed by atoms with E-state index in [4.69, 9.17) is 0 Å². The third kappa shape index (κ3) is 3.04. The molecule has 4 nitrogen and oxygen atoms in total. The molecule has 0 bridgehead atoms. The maximum absolute atomic E-state index is 12.1. The number of likely N-dealkylation sites (tertiary alicyclic amines) is 1. The second kappa shape index (κ2) is 6.45. The second-order valence-electron chi connectivity index (χ2n) is 5.41. The van der Waals surface area contributed by atoms with Crippen LogP contribution in [0.25, 0.3) is 10.1 Å². The van der Waals surface area contributed by atoms with E-state index in [-0.39, 0.29) is 18.7 Å². The molecule has 1 atom stereocenters. The summed E-state index contributed by atoms with van der Waals surface area (Å²) in [5, 5.41) is 15.7. The van der Waals surface area contributed by atoms with Crippen molar-refractivity contribution in [3.05, 3.63) is 35.2 Å². The molecule has 2 aromatic rings. The molecule has 2 heterocycles. The van der Waals surface area contributed by atoms with Gasteiger partial charge in [0.15, 0.2) is 0 Å². The first-order valence-corrected chi connectivity index (χ1v) is 8.28. The Hall–Kier alpha value is -1.59. The Balaban J connectivity index is 1.55. The van der Waals surface area contributed by atoms with Crippen LogP contribution in [0.2, 0.25) is 0 Å². The summed E-state index contributed by atoms with van der Waals surface area (Å²) in [7, 11) is 0. The maximum atomic E-state index is 12.1. The van der Waals surface area contributed by atoms with Crippen molar-refractivity contribution in [2.45, 2.75) is 25.3 Å². The summed E-state index contributed by atoms with van der Waals surface area (Å²) in [6.45, 7) is 1.44. The molecule has 1 aliphatic heterocycles. The van der Waals surface area contributed by atoms with Gasteiger partial charge in [0.1, 0.15) is 0 Å². The van der Waals surface area contributed by atoms with Crippen LogP contribution in [0, 0.1) is 0 Å². The summed E-state index contributed by atoms with van der Waals surface area (Å²) in [5.41, 5.74) is 1.29. The third-order valence-electron chi connectivity index (χ3n) is 4.08. The minimum absolute atomic E-state index is 0.00743. The van der Waals surface area contributed by atoms with Crippen molar-refractivity contribution in [1.82, 2.24) is 10.2 Å². The molecule has 2 amide bonds. The number of aliphatic hydroxyl groups excluding tert-OH is 1. The van der Waals surface area contributed by atoms with Gasteiger partial charge in [-0.15, -0.1) is 11.3 Å². The van der Waals surface area contributed by atoms with Gasteiger partial charge < -0.3 is 15.3 Å². The van der Waals surface area contributed by atoms with Crippen molar-refractivity contribution in [2.24, 2.45) is 0 Å². The van der Waals surface area contributed by atoms with Crippen molar-refractivity contribution in [3.8, 4) is 0 Å². The van der Waals surface area contributed by atoms with Crippen LogP contribution < -0.4 is 5.32 Å². The second-order valence-corrected chi connectivity index (χ2v) is 6.32. The van der Waals surface area contributed by atoms with Gasteiger partial charge in [0, 0.05) is 17.8 Å². The number of benzene rings is 1. The Morgan fingerprint density at radius 3 is 3.14 bits per heavy atom. The van der Waals surface area contributed by atoms with E-state index in [1.165, 1.54) is 15.6 Å². The summed E-state index contributed by atoms with van der Waals surface area (Å²) in [6.07, 6.45) is 2.72. The van der Waals surface area contributed by atoms with E-state index in [2.05, 4.69) is 22.8 Å². The first-order chi connectivity index (χ1) is 10.3. The molecule has 1 saturated heterocycles. The fraction of sp³-hybridized carbons (Fsp3) is 0.438. The lowest BCUT2D eigenvalue weighted by Gasteiger charge is -2.23. The molecule has 1 aromatic heterocycles. The van der Waals surface area contributed by atoms with Gasteiger partial charge in [-0.1, -0.05) is 18.2 Å². The molecule has 1 aliphatic rings. The molecule has 1 aromatic carbocycles. The Morgan fingerprint density at radius 2 is 2.29 bits per heavy atom. The minimum Gasteiger partial charge on any atom is -0.394 e. The largest absolute Gasteiger partial charge is 0.394 e. The predicted octanol–water partition coefficient (Wildman–Crippen LogP) is 2.61. The average molecular weight is 304 g/mol. The molecule has 5 heteroatoms. The highest BCUT2D eigenvalue weighted by molar-refractivity contribution is 7.17. The average Bonchev–Trinajstić information content (AvgIpc) is 3.14. The van der Waals surface area contributed by atoms with Gasteiger partial charge in [0.25, 0.3) is 0 Å². The normalized spacial score (nSPS) is 18.3. The smallest absolute Gasteiger partial charge is 0.317 e. The Kier molecular flexibility index (Phi) is 4.41. The lowest BCUT2D eigenvalue weighted by atomic mass is 10.1. The summed E-state index contributed by atoms with van der Waals surface area (Å²) >= 11 is 1.75. The van der Waals surface area contributed by atoms with Crippen LogP contribution in [0.1, 0.15) is 18.4 Å². The molecule has 1 fully saturated rings. The van der Waals surface area contributed by atoms with Gasteiger partial charge in [-0.05, 0) is 41.7 Å². The molecule has 112 valence electrons. The SMILES string of the molecule is O=C(NCCc1csc2ccccc12)N1CCCC1CO. The topological polar surface area (TPSA) is 52.6 Å². The Bertz CT molecular complexity index is 626. The molecule has 0 radical (unpaired) electrons. The van der Waals surface area contributed by atoms with Crippen LogP contribution in [-0.2, 0) is 6.42 Å². The first-order valence-electron chi connectivity index (χ1n) is 7.40. The van der Waals surface area contributed by atoms with E-state index >= 15 is 0 Å². The fourth-order valence-corrected chi connectivity index (χ4v) is 3.92. The number of nitrogens with one attached hydrogen (secondary N) is 1. The number of hydrogen-bond acceptors (Lipinski definition) is 3.